The van der Waals surface area contributed by atoms with E-state index >= 15 is 0 Å². The van der Waals surface area contributed by atoms with Crippen molar-refractivity contribution < 1.29 is 22.6 Å². The molecule has 4 unspecified atom stereocenters. The molecule has 4 rings (SSSR count). The van der Waals surface area contributed by atoms with Crippen LogP contribution in [0.1, 0.15) is 26.5 Å². The van der Waals surface area contributed by atoms with E-state index < -0.39 is 40.4 Å². The third-order valence-corrected chi connectivity index (χ3v) is 5.48. The van der Waals surface area contributed by atoms with E-state index in [-0.39, 0.29) is 17.3 Å². The Balaban J connectivity index is 1.68. The zero-order valence-electron chi connectivity index (χ0n) is 14.1. The van der Waals surface area contributed by atoms with Gasteiger partial charge in [-0.1, -0.05) is 11.6 Å². The van der Waals surface area contributed by atoms with Crippen LogP contribution >= 0.6 is 11.6 Å². The number of nitrogens with zero attached hydrogens (tertiary/aromatic N) is 4. The second-order valence-corrected chi connectivity index (χ2v) is 8.87. The van der Waals surface area contributed by atoms with Crippen molar-refractivity contribution in [3.63, 3.8) is 0 Å². The number of nitrogens with two attached hydrogens (primary N) is 1. The van der Waals surface area contributed by atoms with Crippen molar-refractivity contribution in [2.45, 2.75) is 50.6 Å². The van der Waals surface area contributed by atoms with Gasteiger partial charge in [0, 0.05) is 0 Å². The molecule has 0 amide bonds. The highest BCUT2D eigenvalue weighted by atomic mass is 35.5. The maximum absolute atomic E-state index is 11.3. The molecule has 142 valence electrons. The lowest BCUT2D eigenvalue weighted by atomic mass is 10.1. The minimum Gasteiger partial charge on any atom is -0.349 e. The molecule has 4 heterocycles. The van der Waals surface area contributed by atoms with Gasteiger partial charge in [0.05, 0.1) is 18.2 Å². The summed E-state index contributed by atoms with van der Waals surface area (Å²) in [7, 11) is -3.61. The summed E-state index contributed by atoms with van der Waals surface area (Å²) in [6.07, 6.45) is 1.09. The molecule has 4 atom stereocenters. The number of halogens is 1. The predicted octanol–water partition coefficient (Wildman–Crippen LogP) is 0.576. The van der Waals surface area contributed by atoms with Gasteiger partial charge in [0.25, 0.3) is 0 Å². The van der Waals surface area contributed by atoms with Crippen LogP contribution in [0.4, 0.5) is 0 Å². The average molecular weight is 404 g/mol. The summed E-state index contributed by atoms with van der Waals surface area (Å²) >= 11 is 6.06. The topological polar surface area (TPSA) is 131 Å². The van der Waals surface area contributed by atoms with Crippen LogP contribution in [0.15, 0.2) is 12.7 Å². The lowest BCUT2D eigenvalue weighted by molar-refractivity contribution is -0.196. The van der Waals surface area contributed by atoms with E-state index in [2.05, 4.69) is 15.0 Å². The quantitative estimate of drug-likeness (QED) is 0.733. The fourth-order valence-corrected chi connectivity index (χ4v) is 4.14. The van der Waals surface area contributed by atoms with Gasteiger partial charge in [-0.25, -0.2) is 28.5 Å². The summed E-state index contributed by atoms with van der Waals surface area (Å²) in [6, 6.07) is 0. The maximum Gasteiger partial charge on any atom is 0.209 e. The summed E-state index contributed by atoms with van der Waals surface area (Å²) < 4.78 is 42.4. The summed E-state index contributed by atoms with van der Waals surface area (Å²) in [5.41, 5.74) is 0.939. The Kier molecular flexibility index (Phi) is 4.21. The number of rotatable bonds is 4. The largest absolute Gasteiger partial charge is 0.349 e. The molecule has 0 aliphatic carbocycles. The van der Waals surface area contributed by atoms with Crippen LogP contribution in [0.5, 0.6) is 0 Å². The third kappa shape index (κ3) is 3.19. The minimum absolute atomic E-state index is 0.193. The van der Waals surface area contributed by atoms with E-state index in [9.17, 15) is 8.42 Å². The molecular formula is C14H18ClN5O5S. The Hall–Kier alpha value is -1.37. The number of hydrogen-bond acceptors (Lipinski definition) is 8. The van der Waals surface area contributed by atoms with Gasteiger partial charge in [-0.15, -0.1) is 0 Å². The van der Waals surface area contributed by atoms with Crippen LogP contribution in [0.25, 0.3) is 11.2 Å². The highest BCUT2D eigenvalue weighted by Crippen LogP contribution is 2.44. The molecule has 0 spiro atoms. The Morgan fingerprint density at radius 3 is 2.73 bits per heavy atom. The maximum atomic E-state index is 11.3. The van der Waals surface area contributed by atoms with Crippen molar-refractivity contribution in [2.75, 3.05) is 5.75 Å². The van der Waals surface area contributed by atoms with Crippen LogP contribution in [0.2, 0.25) is 5.15 Å². The molecule has 10 nitrogen and oxygen atoms in total. The lowest BCUT2D eigenvalue weighted by Crippen LogP contribution is -2.32. The van der Waals surface area contributed by atoms with Crippen molar-refractivity contribution >= 4 is 32.8 Å². The summed E-state index contributed by atoms with van der Waals surface area (Å²) in [5.74, 6) is -1.03. The van der Waals surface area contributed by atoms with E-state index in [0.29, 0.717) is 11.2 Å². The van der Waals surface area contributed by atoms with Gasteiger partial charge in [0.2, 0.25) is 10.0 Å². The molecule has 0 saturated carbocycles. The number of primary sulfonamides is 1. The Labute approximate surface area is 154 Å². The standard InChI is InChI=1S/C14H18ClN5O5S/c1-14(2)24-9-7(3-4-26(16,21)22)23-13(10(9)25-14)20-6-19-8-11(15)17-5-18-12(8)20/h5-7,9-10,13H,3-4H2,1-2H3,(H2,16,21,22). The minimum atomic E-state index is -3.61. The molecule has 2 saturated heterocycles. The molecule has 2 aromatic heterocycles. The molecule has 0 bridgehead atoms. The number of sulfonamides is 1. The number of ether oxygens (including phenoxy) is 3. The molecule has 2 fully saturated rings. The zero-order chi connectivity index (χ0) is 18.7. The normalized spacial score (nSPS) is 30.8. The van der Waals surface area contributed by atoms with Gasteiger partial charge in [-0.3, -0.25) is 4.57 Å². The second kappa shape index (κ2) is 6.08. The number of imidazole rings is 1. The van der Waals surface area contributed by atoms with Crippen molar-refractivity contribution in [1.82, 2.24) is 19.5 Å². The van der Waals surface area contributed by atoms with E-state index in [1.807, 2.05) is 0 Å². The average Bonchev–Trinajstić information content (AvgIpc) is 3.16. The van der Waals surface area contributed by atoms with Crippen molar-refractivity contribution in [3.05, 3.63) is 17.8 Å². The zero-order valence-corrected chi connectivity index (χ0v) is 15.6. The summed E-state index contributed by atoms with van der Waals surface area (Å²) in [6.45, 7) is 3.59. The van der Waals surface area contributed by atoms with Gasteiger partial charge in [0.1, 0.15) is 24.1 Å². The second-order valence-electron chi connectivity index (χ2n) is 6.77. The van der Waals surface area contributed by atoms with E-state index in [4.69, 9.17) is 31.0 Å². The molecule has 2 aromatic rings. The first kappa shape index (κ1) is 18.0. The van der Waals surface area contributed by atoms with Gasteiger partial charge < -0.3 is 14.2 Å². The Morgan fingerprint density at radius 2 is 2.00 bits per heavy atom. The molecule has 0 aromatic carbocycles. The third-order valence-electron chi connectivity index (χ3n) is 4.40. The van der Waals surface area contributed by atoms with Gasteiger partial charge in [-0.2, -0.15) is 0 Å². The van der Waals surface area contributed by atoms with E-state index in [1.54, 1.807) is 24.7 Å². The summed E-state index contributed by atoms with van der Waals surface area (Å²) in [4.78, 5) is 12.4. The molecule has 2 aliphatic rings. The monoisotopic (exact) mass is 403 g/mol. The highest BCUT2D eigenvalue weighted by Gasteiger charge is 2.56. The van der Waals surface area contributed by atoms with E-state index in [1.165, 1.54) is 6.33 Å². The number of fused-ring (bicyclic) bond motifs is 2. The van der Waals surface area contributed by atoms with Crippen molar-refractivity contribution in [2.24, 2.45) is 5.14 Å². The molecule has 26 heavy (non-hydrogen) atoms. The lowest BCUT2D eigenvalue weighted by Gasteiger charge is -2.24. The molecule has 2 N–H and O–H groups in total. The first-order valence-corrected chi connectivity index (χ1v) is 10.1. The first-order chi connectivity index (χ1) is 12.1. The number of aromatic nitrogens is 4. The van der Waals surface area contributed by atoms with Crippen LogP contribution in [0, 0.1) is 0 Å². The molecule has 0 radical (unpaired) electrons. The van der Waals surface area contributed by atoms with Crippen LogP contribution in [-0.2, 0) is 24.2 Å². The van der Waals surface area contributed by atoms with Crippen LogP contribution in [-0.4, -0.2) is 57.8 Å². The van der Waals surface area contributed by atoms with Gasteiger partial charge in [0.15, 0.2) is 22.8 Å². The fraction of sp³-hybridized carbons (Fsp3) is 0.643. The van der Waals surface area contributed by atoms with Crippen molar-refractivity contribution in [3.8, 4) is 0 Å². The smallest absolute Gasteiger partial charge is 0.209 e. The predicted molar refractivity (Wildman–Crippen MR) is 90.7 cm³/mol. The van der Waals surface area contributed by atoms with Crippen LogP contribution < -0.4 is 5.14 Å². The number of hydrogen-bond donors (Lipinski definition) is 1. The SMILES string of the molecule is CC1(C)OC2C(CCS(N)(=O)=O)OC(n3cnc4c(Cl)ncnc43)C2O1. The molecular weight excluding hydrogens is 386 g/mol. The van der Waals surface area contributed by atoms with Crippen molar-refractivity contribution in [1.29, 1.82) is 0 Å². The van der Waals surface area contributed by atoms with Crippen LogP contribution in [0.3, 0.4) is 0 Å². The Bertz CT molecular complexity index is 948. The van der Waals surface area contributed by atoms with Gasteiger partial charge >= 0.3 is 0 Å². The molecule has 12 heteroatoms. The molecule has 2 aliphatic heterocycles. The first-order valence-electron chi connectivity index (χ1n) is 7.99. The van der Waals surface area contributed by atoms with E-state index in [0.717, 1.165) is 0 Å². The highest BCUT2D eigenvalue weighted by molar-refractivity contribution is 7.89. The van der Waals surface area contributed by atoms with Gasteiger partial charge in [-0.05, 0) is 20.3 Å². The Morgan fingerprint density at radius 1 is 1.27 bits per heavy atom. The summed E-state index contributed by atoms with van der Waals surface area (Å²) in [5, 5.41) is 5.36. The fourth-order valence-electron chi connectivity index (χ4n) is 3.41.